The maximum absolute atomic E-state index is 5.90. The molecule has 0 aliphatic heterocycles. The van der Waals surface area contributed by atoms with E-state index in [9.17, 15) is 0 Å². The zero-order valence-electron chi connectivity index (χ0n) is 6.57. The van der Waals surface area contributed by atoms with Crippen LogP contribution in [-0.2, 0) is 6.42 Å². The molecule has 1 nitrogen and oxygen atoms in total. The third-order valence-electron chi connectivity index (χ3n) is 1.61. The van der Waals surface area contributed by atoms with Gasteiger partial charge in [0.15, 0.2) is 0 Å². The Morgan fingerprint density at radius 1 is 1.50 bits per heavy atom. The van der Waals surface area contributed by atoms with Crippen molar-refractivity contribution in [3.63, 3.8) is 0 Å². The van der Waals surface area contributed by atoms with Gasteiger partial charge in [0.25, 0.3) is 0 Å². The predicted molar refractivity (Wildman–Crippen MR) is 56.5 cm³/mol. The smallest absolute Gasteiger partial charge is 0.134 e. The van der Waals surface area contributed by atoms with Gasteiger partial charge in [0.1, 0.15) is 10.3 Å². The molecule has 12 heavy (non-hydrogen) atoms. The molecule has 1 heterocycles. The molecule has 1 aromatic heterocycles. The molecule has 0 saturated heterocycles. The van der Waals surface area contributed by atoms with E-state index < -0.39 is 0 Å². The largest absolute Gasteiger partial charge is 0.224 e. The quantitative estimate of drug-likeness (QED) is 0.590. The van der Waals surface area contributed by atoms with E-state index in [0.29, 0.717) is 10.3 Å². The van der Waals surface area contributed by atoms with Crippen LogP contribution in [0.5, 0.6) is 0 Å². The van der Waals surface area contributed by atoms with Gasteiger partial charge in [0.2, 0.25) is 0 Å². The summed E-state index contributed by atoms with van der Waals surface area (Å²) >= 11 is 15.0. The summed E-state index contributed by atoms with van der Waals surface area (Å²) in [4.78, 5) is 3.96. The summed E-state index contributed by atoms with van der Waals surface area (Å²) in [6.45, 7) is 1.98. The zero-order chi connectivity index (χ0) is 9.14. The lowest BCUT2D eigenvalue weighted by Crippen LogP contribution is -1.94. The molecule has 0 unspecified atom stereocenters. The van der Waals surface area contributed by atoms with Crippen molar-refractivity contribution in [2.75, 3.05) is 5.33 Å². The van der Waals surface area contributed by atoms with Gasteiger partial charge >= 0.3 is 0 Å². The molecule has 0 aliphatic carbocycles. The standard InChI is InChI=1S/C8H8BrCl2N/c1-5-4-7(10)12-8(11)6(5)2-3-9/h4H,2-3H2,1H3. The highest BCUT2D eigenvalue weighted by atomic mass is 79.9. The number of halogens is 3. The molecule has 1 aromatic rings. The number of rotatable bonds is 2. The Bertz CT molecular complexity index is 265. The molecule has 0 fully saturated rings. The summed E-state index contributed by atoms with van der Waals surface area (Å²) in [6.07, 6.45) is 0.884. The highest BCUT2D eigenvalue weighted by molar-refractivity contribution is 9.09. The van der Waals surface area contributed by atoms with Crippen LogP contribution in [0.3, 0.4) is 0 Å². The molecule has 0 atom stereocenters. The fraction of sp³-hybridized carbons (Fsp3) is 0.375. The van der Waals surface area contributed by atoms with Crippen molar-refractivity contribution in [2.45, 2.75) is 13.3 Å². The molecule has 0 aliphatic rings. The summed E-state index contributed by atoms with van der Waals surface area (Å²) in [7, 11) is 0. The lowest BCUT2D eigenvalue weighted by molar-refractivity contribution is 1.09. The summed E-state index contributed by atoms with van der Waals surface area (Å²) in [6, 6.07) is 1.82. The average Bonchev–Trinajstić information content (AvgIpc) is 1.96. The minimum absolute atomic E-state index is 0.454. The molecule has 1 rings (SSSR count). The van der Waals surface area contributed by atoms with Crippen LogP contribution in [0.25, 0.3) is 0 Å². The Morgan fingerprint density at radius 3 is 2.67 bits per heavy atom. The van der Waals surface area contributed by atoms with Crippen LogP contribution in [0, 0.1) is 6.92 Å². The Hall–Kier alpha value is 0.210. The van der Waals surface area contributed by atoms with E-state index in [-0.39, 0.29) is 0 Å². The van der Waals surface area contributed by atoms with Crippen molar-refractivity contribution < 1.29 is 0 Å². The Kier molecular flexibility index (Phi) is 3.81. The Morgan fingerprint density at radius 2 is 2.17 bits per heavy atom. The van der Waals surface area contributed by atoms with Crippen molar-refractivity contribution in [2.24, 2.45) is 0 Å². The lowest BCUT2D eigenvalue weighted by atomic mass is 10.1. The van der Waals surface area contributed by atoms with E-state index in [2.05, 4.69) is 20.9 Å². The van der Waals surface area contributed by atoms with Gasteiger partial charge in [-0.2, -0.15) is 0 Å². The van der Waals surface area contributed by atoms with Crippen LogP contribution in [-0.4, -0.2) is 10.3 Å². The third-order valence-corrected chi connectivity index (χ3v) is 2.51. The second-order valence-electron chi connectivity index (χ2n) is 2.47. The van der Waals surface area contributed by atoms with Crippen molar-refractivity contribution in [3.05, 3.63) is 27.5 Å². The molecular formula is C8H8BrCl2N. The van der Waals surface area contributed by atoms with E-state index in [4.69, 9.17) is 23.2 Å². The third kappa shape index (κ3) is 2.35. The summed E-state index contributed by atoms with van der Waals surface area (Å²) in [5, 5.41) is 1.85. The molecular weight excluding hydrogens is 261 g/mol. The average molecular weight is 269 g/mol. The second-order valence-corrected chi connectivity index (χ2v) is 4.01. The van der Waals surface area contributed by atoms with Gasteiger partial charge in [-0.15, -0.1) is 0 Å². The summed E-state index contributed by atoms with van der Waals surface area (Å²) in [5.74, 6) is 0. The normalized spacial score (nSPS) is 10.3. The molecule has 0 bridgehead atoms. The minimum atomic E-state index is 0.454. The Labute approximate surface area is 90.2 Å². The Balaban J connectivity index is 3.10. The van der Waals surface area contributed by atoms with Gasteiger partial charge in [0.05, 0.1) is 0 Å². The van der Waals surface area contributed by atoms with Gasteiger partial charge in [-0.25, -0.2) is 4.98 Å². The molecule has 0 saturated carbocycles. The first-order chi connectivity index (χ1) is 5.65. The first kappa shape index (κ1) is 10.3. The number of pyridine rings is 1. The van der Waals surface area contributed by atoms with Crippen molar-refractivity contribution >= 4 is 39.1 Å². The summed E-state index contributed by atoms with van der Waals surface area (Å²) < 4.78 is 0. The monoisotopic (exact) mass is 267 g/mol. The number of hydrogen-bond acceptors (Lipinski definition) is 1. The minimum Gasteiger partial charge on any atom is -0.224 e. The molecule has 0 spiro atoms. The first-order valence-corrected chi connectivity index (χ1v) is 5.40. The molecule has 4 heteroatoms. The fourth-order valence-corrected chi connectivity index (χ4v) is 2.04. The van der Waals surface area contributed by atoms with Crippen LogP contribution in [0.15, 0.2) is 6.07 Å². The second kappa shape index (κ2) is 4.45. The lowest BCUT2D eigenvalue weighted by Gasteiger charge is -2.05. The molecule has 0 aromatic carbocycles. The van der Waals surface area contributed by atoms with Crippen LogP contribution in [0.2, 0.25) is 10.3 Å². The zero-order valence-corrected chi connectivity index (χ0v) is 9.67. The number of aryl methyl sites for hydroxylation is 1. The molecule has 0 amide bonds. The summed E-state index contributed by atoms with van der Waals surface area (Å²) in [5.41, 5.74) is 2.16. The van der Waals surface area contributed by atoms with E-state index in [1.807, 2.05) is 13.0 Å². The van der Waals surface area contributed by atoms with Crippen molar-refractivity contribution in [3.8, 4) is 0 Å². The van der Waals surface area contributed by atoms with E-state index in [0.717, 1.165) is 22.9 Å². The van der Waals surface area contributed by atoms with E-state index in [1.54, 1.807) is 0 Å². The van der Waals surface area contributed by atoms with E-state index >= 15 is 0 Å². The van der Waals surface area contributed by atoms with Crippen molar-refractivity contribution in [1.82, 2.24) is 4.98 Å². The van der Waals surface area contributed by atoms with Crippen LogP contribution >= 0.6 is 39.1 Å². The van der Waals surface area contributed by atoms with Crippen LogP contribution in [0.1, 0.15) is 11.1 Å². The van der Waals surface area contributed by atoms with Gasteiger partial charge in [-0.3, -0.25) is 0 Å². The van der Waals surface area contributed by atoms with Gasteiger partial charge in [0, 0.05) is 5.33 Å². The van der Waals surface area contributed by atoms with Gasteiger partial charge in [-0.05, 0) is 30.5 Å². The molecule has 0 N–H and O–H groups in total. The number of aromatic nitrogens is 1. The fourth-order valence-electron chi connectivity index (χ4n) is 1.02. The predicted octanol–water partition coefficient (Wildman–Crippen LogP) is 3.63. The molecule has 0 radical (unpaired) electrons. The first-order valence-electron chi connectivity index (χ1n) is 3.52. The maximum Gasteiger partial charge on any atom is 0.134 e. The highest BCUT2D eigenvalue weighted by Gasteiger charge is 2.05. The number of nitrogens with zero attached hydrogens (tertiary/aromatic N) is 1. The highest BCUT2D eigenvalue weighted by Crippen LogP contribution is 2.21. The number of alkyl halides is 1. The SMILES string of the molecule is Cc1cc(Cl)nc(Cl)c1CCBr. The topological polar surface area (TPSA) is 12.9 Å². The number of hydrogen-bond donors (Lipinski definition) is 0. The van der Waals surface area contributed by atoms with E-state index in [1.165, 1.54) is 0 Å². The van der Waals surface area contributed by atoms with Crippen LogP contribution < -0.4 is 0 Å². The van der Waals surface area contributed by atoms with Crippen molar-refractivity contribution in [1.29, 1.82) is 0 Å². The van der Waals surface area contributed by atoms with Gasteiger partial charge in [-0.1, -0.05) is 39.1 Å². The van der Waals surface area contributed by atoms with Gasteiger partial charge < -0.3 is 0 Å². The maximum atomic E-state index is 5.90. The molecule has 66 valence electrons. The van der Waals surface area contributed by atoms with Crippen LogP contribution in [0.4, 0.5) is 0 Å².